The van der Waals surface area contributed by atoms with Crippen LogP contribution in [0.3, 0.4) is 0 Å². The number of nitrogens with one attached hydrogen (secondary N) is 2. The van der Waals surface area contributed by atoms with Gasteiger partial charge in [0.05, 0.1) is 0 Å². The van der Waals surface area contributed by atoms with Crippen molar-refractivity contribution in [3.8, 4) is 0 Å². The Morgan fingerprint density at radius 3 is 2.06 bits per heavy atom. The summed E-state index contributed by atoms with van der Waals surface area (Å²) in [6.07, 6.45) is 0.806. The fraction of sp³-hybridized carbons (Fsp3) is 0.818. The number of urea groups is 1. The van der Waals surface area contributed by atoms with E-state index in [-0.39, 0.29) is 6.04 Å². The van der Waals surface area contributed by atoms with E-state index in [2.05, 4.69) is 10.6 Å². The molecule has 3 N–H and O–H groups in total. The van der Waals surface area contributed by atoms with Gasteiger partial charge < -0.3 is 15.7 Å². The van der Waals surface area contributed by atoms with Crippen molar-refractivity contribution in [3.63, 3.8) is 0 Å². The normalized spacial score (nSPS) is 15.1. The SMILES string of the molecule is CCC(C)NC(=O)N[C@@H](C(=O)O)C(C)(C)C. The van der Waals surface area contributed by atoms with E-state index in [0.29, 0.717) is 0 Å². The summed E-state index contributed by atoms with van der Waals surface area (Å²) < 4.78 is 0. The monoisotopic (exact) mass is 230 g/mol. The summed E-state index contributed by atoms with van der Waals surface area (Å²) >= 11 is 0. The van der Waals surface area contributed by atoms with E-state index >= 15 is 0 Å². The van der Waals surface area contributed by atoms with Crippen molar-refractivity contribution in [2.24, 2.45) is 5.41 Å². The van der Waals surface area contributed by atoms with Crippen molar-refractivity contribution in [1.82, 2.24) is 10.6 Å². The minimum absolute atomic E-state index is 0.0365. The number of carbonyl (C=O) groups is 2. The highest BCUT2D eigenvalue weighted by atomic mass is 16.4. The van der Waals surface area contributed by atoms with Crippen LogP contribution in [0.2, 0.25) is 0 Å². The Morgan fingerprint density at radius 2 is 1.75 bits per heavy atom. The lowest BCUT2D eigenvalue weighted by Crippen LogP contribution is -2.53. The summed E-state index contributed by atoms with van der Waals surface area (Å²) in [6.45, 7) is 9.13. The largest absolute Gasteiger partial charge is 0.480 e. The molecule has 2 atom stereocenters. The second-order valence-electron chi connectivity index (χ2n) is 5.06. The highest BCUT2D eigenvalue weighted by Crippen LogP contribution is 2.19. The van der Waals surface area contributed by atoms with Crippen molar-refractivity contribution < 1.29 is 14.7 Å². The van der Waals surface area contributed by atoms with Crippen LogP contribution in [-0.4, -0.2) is 29.2 Å². The Hall–Kier alpha value is -1.26. The first kappa shape index (κ1) is 14.7. The van der Waals surface area contributed by atoms with Gasteiger partial charge in [0.15, 0.2) is 0 Å². The molecule has 0 saturated carbocycles. The summed E-state index contributed by atoms with van der Waals surface area (Å²) in [5.74, 6) is -1.02. The van der Waals surface area contributed by atoms with Gasteiger partial charge in [0.1, 0.15) is 6.04 Å². The maximum atomic E-state index is 11.5. The first-order chi connectivity index (χ1) is 7.18. The standard InChI is InChI=1S/C11H22N2O3/c1-6-7(2)12-10(16)13-8(9(14)15)11(3,4)5/h7-8H,6H2,1-5H3,(H,14,15)(H2,12,13,16)/t7?,8-/m0/s1. The molecule has 0 aliphatic rings. The second-order valence-corrected chi connectivity index (χ2v) is 5.06. The highest BCUT2D eigenvalue weighted by molar-refractivity contribution is 5.83. The van der Waals surface area contributed by atoms with Gasteiger partial charge in [-0.2, -0.15) is 0 Å². The number of carboxylic acid groups (broad SMARTS) is 1. The molecular formula is C11H22N2O3. The van der Waals surface area contributed by atoms with Crippen LogP contribution in [-0.2, 0) is 4.79 Å². The van der Waals surface area contributed by atoms with Crippen LogP contribution in [0.15, 0.2) is 0 Å². The van der Waals surface area contributed by atoms with Crippen molar-refractivity contribution in [2.75, 3.05) is 0 Å². The smallest absolute Gasteiger partial charge is 0.326 e. The summed E-state index contributed by atoms with van der Waals surface area (Å²) in [5.41, 5.74) is -0.515. The van der Waals surface area contributed by atoms with Gasteiger partial charge in [0.2, 0.25) is 0 Å². The number of carboxylic acids is 1. The average Bonchev–Trinajstić information content (AvgIpc) is 2.11. The summed E-state index contributed by atoms with van der Waals surface area (Å²) in [4.78, 5) is 22.5. The molecule has 0 aromatic heterocycles. The highest BCUT2D eigenvalue weighted by Gasteiger charge is 2.32. The topological polar surface area (TPSA) is 78.4 Å². The van der Waals surface area contributed by atoms with Gasteiger partial charge in [-0.1, -0.05) is 27.7 Å². The Labute approximate surface area is 96.6 Å². The molecule has 5 nitrogen and oxygen atoms in total. The summed E-state index contributed by atoms with van der Waals surface area (Å²) in [7, 11) is 0. The number of carbonyl (C=O) groups excluding carboxylic acids is 1. The number of amides is 2. The third kappa shape index (κ3) is 5.00. The second kappa shape index (κ2) is 5.72. The maximum absolute atomic E-state index is 11.5. The average molecular weight is 230 g/mol. The molecule has 0 radical (unpaired) electrons. The fourth-order valence-electron chi connectivity index (χ4n) is 1.15. The van der Waals surface area contributed by atoms with Gasteiger partial charge in [-0.05, 0) is 18.8 Å². The minimum Gasteiger partial charge on any atom is -0.480 e. The zero-order valence-corrected chi connectivity index (χ0v) is 10.6. The first-order valence-electron chi connectivity index (χ1n) is 5.48. The van der Waals surface area contributed by atoms with Crippen LogP contribution in [0.25, 0.3) is 0 Å². The van der Waals surface area contributed by atoms with Crippen LogP contribution in [0.4, 0.5) is 4.79 Å². The zero-order chi connectivity index (χ0) is 12.9. The van der Waals surface area contributed by atoms with E-state index in [0.717, 1.165) is 6.42 Å². The van der Waals surface area contributed by atoms with Crippen LogP contribution in [0, 0.1) is 5.41 Å². The molecule has 0 aromatic carbocycles. The van der Waals surface area contributed by atoms with Crippen molar-refractivity contribution in [2.45, 2.75) is 53.1 Å². The molecule has 0 aromatic rings. The maximum Gasteiger partial charge on any atom is 0.326 e. The number of rotatable bonds is 4. The van der Waals surface area contributed by atoms with E-state index in [1.807, 2.05) is 13.8 Å². The van der Waals surface area contributed by atoms with E-state index < -0.39 is 23.5 Å². The van der Waals surface area contributed by atoms with Gasteiger partial charge in [-0.15, -0.1) is 0 Å². The molecule has 0 saturated heterocycles. The van der Waals surface area contributed by atoms with E-state index in [9.17, 15) is 9.59 Å². The molecule has 2 amide bonds. The molecule has 16 heavy (non-hydrogen) atoms. The minimum atomic E-state index is -1.02. The Kier molecular flexibility index (Phi) is 5.27. The van der Waals surface area contributed by atoms with E-state index in [4.69, 9.17) is 5.11 Å². The number of hydrogen-bond acceptors (Lipinski definition) is 2. The van der Waals surface area contributed by atoms with Crippen molar-refractivity contribution in [1.29, 1.82) is 0 Å². The first-order valence-corrected chi connectivity index (χ1v) is 5.48. The molecule has 0 bridgehead atoms. The zero-order valence-electron chi connectivity index (χ0n) is 10.6. The third-order valence-electron chi connectivity index (χ3n) is 2.38. The molecule has 0 spiro atoms. The molecule has 0 rings (SSSR count). The molecule has 5 heteroatoms. The fourth-order valence-corrected chi connectivity index (χ4v) is 1.15. The third-order valence-corrected chi connectivity index (χ3v) is 2.38. The molecule has 94 valence electrons. The van der Waals surface area contributed by atoms with Gasteiger partial charge in [0.25, 0.3) is 0 Å². The van der Waals surface area contributed by atoms with E-state index in [1.165, 1.54) is 0 Å². The van der Waals surface area contributed by atoms with Crippen LogP contribution >= 0.6 is 0 Å². The molecule has 1 unspecified atom stereocenters. The van der Waals surface area contributed by atoms with E-state index in [1.54, 1.807) is 20.8 Å². The number of aliphatic carboxylic acids is 1. The van der Waals surface area contributed by atoms with Gasteiger partial charge in [-0.25, -0.2) is 9.59 Å². The molecular weight excluding hydrogens is 208 g/mol. The van der Waals surface area contributed by atoms with Gasteiger partial charge >= 0.3 is 12.0 Å². The molecule has 0 aliphatic heterocycles. The van der Waals surface area contributed by atoms with Gasteiger partial charge in [-0.3, -0.25) is 0 Å². The predicted octanol–water partition coefficient (Wildman–Crippen LogP) is 1.58. The summed E-state index contributed by atoms with van der Waals surface area (Å²) in [5, 5.41) is 14.2. The quantitative estimate of drug-likeness (QED) is 0.686. The predicted molar refractivity (Wildman–Crippen MR) is 62.3 cm³/mol. The van der Waals surface area contributed by atoms with Crippen LogP contribution < -0.4 is 10.6 Å². The molecule has 0 fully saturated rings. The lowest BCUT2D eigenvalue weighted by molar-refractivity contribution is -0.141. The van der Waals surface area contributed by atoms with Gasteiger partial charge in [0, 0.05) is 6.04 Å². The Bertz CT molecular complexity index is 258. The van der Waals surface area contributed by atoms with Crippen LogP contribution in [0.5, 0.6) is 0 Å². The lowest BCUT2D eigenvalue weighted by Gasteiger charge is -2.28. The Balaban J connectivity index is 4.43. The van der Waals surface area contributed by atoms with Crippen molar-refractivity contribution >= 4 is 12.0 Å². The lowest BCUT2D eigenvalue weighted by atomic mass is 9.87. The number of hydrogen-bond donors (Lipinski definition) is 3. The molecule has 0 heterocycles. The van der Waals surface area contributed by atoms with Crippen molar-refractivity contribution in [3.05, 3.63) is 0 Å². The van der Waals surface area contributed by atoms with Crippen LogP contribution in [0.1, 0.15) is 41.0 Å². The Morgan fingerprint density at radius 1 is 1.25 bits per heavy atom. The molecule has 0 aliphatic carbocycles. The summed E-state index contributed by atoms with van der Waals surface area (Å²) in [6, 6.07) is -1.29.